The topological polar surface area (TPSA) is 76.0 Å². The highest BCUT2D eigenvalue weighted by Crippen LogP contribution is 2.36. The summed E-state index contributed by atoms with van der Waals surface area (Å²) in [7, 11) is 1.43. The molecule has 2 N–H and O–H groups in total. The molecule has 2 rings (SSSR count). The van der Waals surface area contributed by atoms with Gasteiger partial charge in [-0.3, -0.25) is 0 Å². The second-order valence-corrected chi connectivity index (χ2v) is 4.25. The molecule has 0 saturated heterocycles. The van der Waals surface area contributed by atoms with Crippen LogP contribution < -0.4 is 4.74 Å². The zero-order valence-corrected chi connectivity index (χ0v) is 10.2. The molecule has 1 aliphatic rings. The quantitative estimate of drug-likeness (QED) is 0.789. The second kappa shape index (κ2) is 5.27. The van der Waals surface area contributed by atoms with Crippen molar-refractivity contribution in [3.63, 3.8) is 0 Å². The number of cyclic esters (lactones) is 1. The lowest BCUT2D eigenvalue weighted by molar-refractivity contribution is 0.0217. The van der Waals surface area contributed by atoms with Crippen molar-refractivity contribution in [1.82, 2.24) is 0 Å². The minimum atomic E-state index is -0.532. The van der Waals surface area contributed by atoms with Crippen LogP contribution in [-0.4, -0.2) is 36.0 Å². The molecule has 98 valence electrons. The van der Waals surface area contributed by atoms with E-state index in [2.05, 4.69) is 0 Å². The number of hydrogen-bond donors (Lipinski definition) is 2. The summed E-state index contributed by atoms with van der Waals surface area (Å²) < 4.78 is 10.2. The van der Waals surface area contributed by atoms with Crippen LogP contribution in [0.5, 0.6) is 11.5 Å². The second-order valence-electron chi connectivity index (χ2n) is 4.25. The Morgan fingerprint density at radius 3 is 2.94 bits per heavy atom. The van der Waals surface area contributed by atoms with Crippen molar-refractivity contribution in [2.24, 2.45) is 0 Å². The number of ether oxygens (including phenoxy) is 2. The van der Waals surface area contributed by atoms with E-state index < -0.39 is 5.97 Å². The number of benzene rings is 1. The van der Waals surface area contributed by atoms with E-state index in [4.69, 9.17) is 14.6 Å². The van der Waals surface area contributed by atoms with Crippen LogP contribution in [0.15, 0.2) is 12.1 Å². The monoisotopic (exact) mass is 252 g/mol. The van der Waals surface area contributed by atoms with Crippen LogP contribution in [-0.2, 0) is 11.2 Å². The van der Waals surface area contributed by atoms with Crippen molar-refractivity contribution in [2.75, 3.05) is 13.7 Å². The molecule has 5 nitrogen and oxygen atoms in total. The predicted octanol–water partition coefficient (Wildman–Crippen LogP) is 1.25. The first-order valence-corrected chi connectivity index (χ1v) is 5.88. The number of aliphatic hydroxyl groups is 1. The zero-order chi connectivity index (χ0) is 13.1. The number of phenolic OH excluding ortho intramolecular Hbond substituents is 1. The van der Waals surface area contributed by atoms with Crippen molar-refractivity contribution in [3.05, 3.63) is 23.3 Å². The fourth-order valence-electron chi connectivity index (χ4n) is 2.15. The number of fused-ring (bicyclic) bond motifs is 1. The van der Waals surface area contributed by atoms with Crippen LogP contribution in [0.25, 0.3) is 0 Å². The molecule has 0 bridgehead atoms. The van der Waals surface area contributed by atoms with Gasteiger partial charge in [-0.25, -0.2) is 4.79 Å². The van der Waals surface area contributed by atoms with E-state index in [0.29, 0.717) is 19.3 Å². The molecular weight excluding hydrogens is 236 g/mol. The van der Waals surface area contributed by atoms with Gasteiger partial charge in [0.25, 0.3) is 0 Å². The van der Waals surface area contributed by atoms with E-state index in [1.807, 2.05) is 0 Å². The highest BCUT2D eigenvalue weighted by atomic mass is 16.5. The van der Waals surface area contributed by atoms with Crippen molar-refractivity contribution in [2.45, 2.75) is 25.4 Å². The molecular formula is C13H16O5. The summed E-state index contributed by atoms with van der Waals surface area (Å²) in [5, 5.41) is 18.7. The zero-order valence-electron chi connectivity index (χ0n) is 10.2. The molecule has 1 aromatic rings. The van der Waals surface area contributed by atoms with Gasteiger partial charge in [0.1, 0.15) is 11.7 Å². The predicted molar refractivity (Wildman–Crippen MR) is 63.9 cm³/mol. The normalized spacial score (nSPS) is 18.1. The van der Waals surface area contributed by atoms with E-state index in [1.54, 1.807) is 12.1 Å². The van der Waals surface area contributed by atoms with Crippen molar-refractivity contribution in [1.29, 1.82) is 0 Å². The van der Waals surface area contributed by atoms with E-state index in [-0.39, 0.29) is 29.8 Å². The number of aliphatic hydroxyl groups excluding tert-OH is 1. The molecule has 1 atom stereocenters. The van der Waals surface area contributed by atoms with Crippen LogP contribution in [0.3, 0.4) is 0 Å². The number of aromatic hydroxyl groups is 1. The van der Waals surface area contributed by atoms with Crippen molar-refractivity contribution < 1.29 is 24.5 Å². The van der Waals surface area contributed by atoms with Gasteiger partial charge in [-0.2, -0.15) is 0 Å². The maximum atomic E-state index is 11.8. The molecule has 0 aliphatic carbocycles. The fraction of sp³-hybridized carbons (Fsp3) is 0.462. The Hall–Kier alpha value is -1.75. The summed E-state index contributed by atoms with van der Waals surface area (Å²) >= 11 is 0. The highest BCUT2D eigenvalue weighted by Gasteiger charge is 2.30. The Morgan fingerprint density at radius 2 is 2.28 bits per heavy atom. The Balaban J connectivity index is 2.27. The molecule has 0 amide bonds. The summed E-state index contributed by atoms with van der Waals surface area (Å²) in [6.07, 6.45) is 1.53. The van der Waals surface area contributed by atoms with Gasteiger partial charge < -0.3 is 19.7 Å². The average Bonchev–Trinajstić information content (AvgIpc) is 2.36. The number of rotatable bonds is 4. The SMILES string of the molecule is COc1ccc2c(c1O)C(=O)OC(CCCO)C2. The first kappa shape index (κ1) is 12.7. The number of esters is 1. The third kappa shape index (κ3) is 2.26. The number of methoxy groups -OCH3 is 1. The first-order chi connectivity index (χ1) is 8.67. The van der Waals surface area contributed by atoms with E-state index >= 15 is 0 Å². The molecule has 0 aromatic heterocycles. The first-order valence-electron chi connectivity index (χ1n) is 5.88. The van der Waals surface area contributed by atoms with E-state index in [1.165, 1.54) is 7.11 Å². The van der Waals surface area contributed by atoms with Crippen LogP contribution in [0, 0.1) is 0 Å². The fourth-order valence-corrected chi connectivity index (χ4v) is 2.15. The Kier molecular flexibility index (Phi) is 3.72. The minimum absolute atomic E-state index is 0.0781. The van der Waals surface area contributed by atoms with Gasteiger partial charge in [0.15, 0.2) is 11.5 Å². The summed E-state index contributed by atoms with van der Waals surface area (Å²) in [6.45, 7) is 0.0781. The molecule has 5 heteroatoms. The third-order valence-electron chi connectivity index (χ3n) is 3.06. The maximum absolute atomic E-state index is 11.8. The molecule has 0 fully saturated rings. The Morgan fingerprint density at radius 1 is 1.50 bits per heavy atom. The minimum Gasteiger partial charge on any atom is -0.504 e. The van der Waals surface area contributed by atoms with Crippen LogP contribution in [0.4, 0.5) is 0 Å². The van der Waals surface area contributed by atoms with Crippen LogP contribution in [0.2, 0.25) is 0 Å². The maximum Gasteiger partial charge on any atom is 0.342 e. The smallest absolute Gasteiger partial charge is 0.342 e. The molecule has 0 saturated carbocycles. The van der Waals surface area contributed by atoms with Gasteiger partial charge in [0, 0.05) is 13.0 Å². The van der Waals surface area contributed by atoms with Gasteiger partial charge in [0.05, 0.1) is 7.11 Å². The third-order valence-corrected chi connectivity index (χ3v) is 3.06. The van der Waals surface area contributed by atoms with Crippen LogP contribution in [0.1, 0.15) is 28.8 Å². The number of carbonyl (C=O) groups excluding carboxylic acids is 1. The van der Waals surface area contributed by atoms with Gasteiger partial charge in [-0.15, -0.1) is 0 Å². The van der Waals surface area contributed by atoms with E-state index in [9.17, 15) is 9.90 Å². The average molecular weight is 252 g/mol. The molecule has 0 radical (unpaired) electrons. The summed E-state index contributed by atoms with van der Waals surface area (Å²) in [5.41, 5.74) is 0.946. The largest absolute Gasteiger partial charge is 0.504 e. The van der Waals surface area contributed by atoms with Crippen LogP contribution >= 0.6 is 0 Å². The van der Waals surface area contributed by atoms with Crippen molar-refractivity contribution in [3.8, 4) is 11.5 Å². The molecule has 1 aliphatic heterocycles. The van der Waals surface area contributed by atoms with Gasteiger partial charge in [-0.05, 0) is 24.5 Å². The molecule has 1 aromatic carbocycles. The summed E-state index contributed by atoms with van der Waals surface area (Å²) in [4.78, 5) is 11.8. The Bertz CT molecular complexity index is 455. The molecule has 0 spiro atoms. The lowest BCUT2D eigenvalue weighted by Crippen LogP contribution is -2.28. The van der Waals surface area contributed by atoms with Crippen molar-refractivity contribution >= 4 is 5.97 Å². The number of phenols is 1. The number of carbonyl (C=O) groups is 1. The summed E-state index contributed by atoms with van der Waals surface area (Å²) in [6, 6.07) is 3.40. The Labute approximate surface area is 105 Å². The van der Waals surface area contributed by atoms with E-state index in [0.717, 1.165) is 5.56 Å². The molecule has 1 unspecified atom stereocenters. The highest BCUT2D eigenvalue weighted by molar-refractivity contribution is 5.96. The summed E-state index contributed by atoms with van der Waals surface area (Å²) in [5.74, 6) is -0.435. The standard InChI is InChI=1S/C13H16O5/c1-17-10-5-4-8-7-9(3-2-6-14)18-13(16)11(8)12(10)15/h4-5,9,14-15H,2-3,6-7H2,1H3. The number of hydrogen-bond acceptors (Lipinski definition) is 5. The molecule has 18 heavy (non-hydrogen) atoms. The lowest BCUT2D eigenvalue weighted by atomic mass is 9.95. The lowest BCUT2D eigenvalue weighted by Gasteiger charge is -2.25. The molecule has 1 heterocycles. The van der Waals surface area contributed by atoms with Gasteiger partial charge in [0.2, 0.25) is 0 Å². The van der Waals surface area contributed by atoms with Gasteiger partial charge >= 0.3 is 5.97 Å². The van der Waals surface area contributed by atoms with Gasteiger partial charge in [-0.1, -0.05) is 6.07 Å².